The fourth-order valence-corrected chi connectivity index (χ4v) is 2.96. The lowest BCUT2D eigenvalue weighted by molar-refractivity contribution is 0.629. The van der Waals surface area contributed by atoms with E-state index in [9.17, 15) is 4.39 Å². The van der Waals surface area contributed by atoms with Crippen molar-refractivity contribution in [2.45, 2.75) is 20.4 Å². The van der Waals surface area contributed by atoms with Crippen molar-refractivity contribution >= 4 is 22.0 Å². The normalized spacial score (nSPS) is 11.1. The summed E-state index contributed by atoms with van der Waals surface area (Å²) >= 11 is 1.60. The molecule has 0 bridgehead atoms. The zero-order valence-electron chi connectivity index (χ0n) is 10.8. The van der Waals surface area contributed by atoms with Gasteiger partial charge in [-0.15, -0.1) is 11.3 Å². The molecule has 0 atom stereocenters. The van der Waals surface area contributed by atoms with Crippen LogP contribution in [0.3, 0.4) is 0 Å². The molecule has 19 heavy (non-hydrogen) atoms. The molecule has 0 aliphatic heterocycles. The highest BCUT2D eigenvalue weighted by Gasteiger charge is 2.11. The smallest absolute Gasteiger partial charge is 0.194 e. The van der Waals surface area contributed by atoms with E-state index < -0.39 is 0 Å². The number of para-hydroxylation sites is 1. The Bertz CT molecular complexity index is 709. The fourth-order valence-electron chi connectivity index (χ4n) is 2.18. The first-order chi connectivity index (χ1) is 9.16. The van der Waals surface area contributed by atoms with Crippen LogP contribution in [0.4, 0.5) is 10.1 Å². The summed E-state index contributed by atoms with van der Waals surface area (Å²) < 4.78 is 15.8. The Kier molecular flexibility index (Phi) is 2.98. The highest BCUT2D eigenvalue weighted by atomic mass is 32.1. The summed E-state index contributed by atoms with van der Waals surface area (Å²) in [6.45, 7) is 4.44. The molecule has 0 saturated carbocycles. The van der Waals surface area contributed by atoms with E-state index in [0.717, 1.165) is 21.9 Å². The van der Waals surface area contributed by atoms with E-state index >= 15 is 0 Å². The van der Waals surface area contributed by atoms with Gasteiger partial charge in [0, 0.05) is 11.6 Å². The molecular weight excluding hydrogens is 261 g/mol. The summed E-state index contributed by atoms with van der Waals surface area (Å²) in [5.74, 6) is -0.219. The SMILES string of the molecule is Cc1cccc(F)c1NCc1c(C)nc2sccn12. The lowest BCUT2D eigenvalue weighted by atomic mass is 10.2. The molecule has 2 heterocycles. The third kappa shape index (κ3) is 2.10. The molecule has 0 amide bonds. The Hall–Kier alpha value is -1.88. The molecule has 5 heteroatoms. The molecule has 0 aliphatic carbocycles. The number of aromatic nitrogens is 2. The maximum Gasteiger partial charge on any atom is 0.194 e. The zero-order valence-corrected chi connectivity index (χ0v) is 11.6. The van der Waals surface area contributed by atoms with E-state index in [2.05, 4.69) is 10.3 Å². The molecule has 0 spiro atoms. The monoisotopic (exact) mass is 275 g/mol. The Morgan fingerprint density at radius 3 is 3.00 bits per heavy atom. The number of nitrogens with zero attached hydrogens (tertiary/aromatic N) is 2. The van der Waals surface area contributed by atoms with Crippen LogP contribution in [-0.4, -0.2) is 9.38 Å². The first-order valence-electron chi connectivity index (χ1n) is 6.07. The lowest BCUT2D eigenvalue weighted by Crippen LogP contribution is -2.06. The maximum atomic E-state index is 13.8. The predicted molar refractivity (Wildman–Crippen MR) is 76.3 cm³/mol. The Labute approximate surface area is 114 Å². The van der Waals surface area contributed by atoms with Gasteiger partial charge in [-0.2, -0.15) is 0 Å². The molecule has 98 valence electrons. The van der Waals surface area contributed by atoms with Gasteiger partial charge in [0.1, 0.15) is 5.82 Å². The van der Waals surface area contributed by atoms with Crippen LogP contribution in [-0.2, 0) is 6.54 Å². The minimum Gasteiger partial charge on any atom is -0.377 e. The molecule has 0 aliphatic rings. The van der Waals surface area contributed by atoms with E-state index in [4.69, 9.17) is 0 Å². The Morgan fingerprint density at radius 1 is 1.37 bits per heavy atom. The van der Waals surface area contributed by atoms with Crippen LogP contribution in [0, 0.1) is 19.7 Å². The number of anilines is 1. The predicted octanol–water partition coefficient (Wildman–Crippen LogP) is 3.76. The molecule has 0 unspecified atom stereocenters. The van der Waals surface area contributed by atoms with Crippen molar-refractivity contribution in [3.05, 3.63) is 52.5 Å². The van der Waals surface area contributed by atoms with Gasteiger partial charge in [0.15, 0.2) is 4.96 Å². The van der Waals surface area contributed by atoms with Gasteiger partial charge in [0.2, 0.25) is 0 Å². The van der Waals surface area contributed by atoms with Gasteiger partial charge in [0.25, 0.3) is 0 Å². The first-order valence-corrected chi connectivity index (χ1v) is 6.95. The van der Waals surface area contributed by atoms with E-state index in [1.165, 1.54) is 6.07 Å². The lowest BCUT2D eigenvalue weighted by Gasteiger charge is -2.10. The number of thiazole rings is 1. The number of fused-ring (bicyclic) bond motifs is 1. The van der Waals surface area contributed by atoms with Crippen LogP contribution in [0.5, 0.6) is 0 Å². The van der Waals surface area contributed by atoms with Crippen molar-refractivity contribution in [1.82, 2.24) is 9.38 Å². The topological polar surface area (TPSA) is 29.3 Å². The molecule has 0 radical (unpaired) electrons. The van der Waals surface area contributed by atoms with Crippen molar-refractivity contribution in [2.75, 3.05) is 5.32 Å². The van der Waals surface area contributed by atoms with Crippen LogP contribution >= 0.6 is 11.3 Å². The number of hydrogen-bond acceptors (Lipinski definition) is 3. The van der Waals surface area contributed by atoms with Gasteiger partial charge in [-0.25, -0.2) is 9.37 Å². The minimum absolute atomic E-state index is 0.219. The van der Waals surface area contributed by atoms with Gasteiger partial charge in [-0.3, -0.25) is 4.40 Å². The summed E-state index contributed by atoms with van der Waals surface area (Å²) in [6.07, 6.45) is 1.99. The number of aryl methyl sites for hydroxylation is 2. The van der Waals surface area contributed by atoms with Crippen molar-refractivity contribution < 1.29 is 4.39 Å². The van der Waals surface area contributed by atoms with E-state index in [0.29, 0.717) is 12.2 Å². The number of nitrogens with one attached hydrogen (secondary N) is 1. The van der Waals surface area contributed by atoms with Crippen LogP contribution in [0.15, 0.2) is 29.8 Å². The number of imidazole rings is 1. The molecule has 0 saturated heterocycles. The van der Waals surface area contributed by atoms with Gasteiger partial charge in [-0.1, -0.05) is 12.1 Å². The highest BCUT2D eigenvalue weighted by Crippen LogP contribution is 2.22. The maximum absolute atomic E-state index is 13.8. The molecule has 3 rings (SSSR count). The quantitative estimate of drug-likeness (QED) is 0.788. The molecule has 2 aromatic heterocycles. The standard InChI is InChI=1S/C14H14FN3S/c1-9-4-3-5-11(15)13(9)16-8-12-10(2)17-14-18(12)6-7-19-14/h3-7,16H,8H2,1-2H3. The molecule has 3 aromatic rings. The van der Waals surface area contributed by atoms with Crippen molar-refractivity contribution in [2.24, 2.45) is 0 Å². The average Bonchev–Trinajstić information content (AvgIpc) is 2.90. The van der Waals surface area contributed by atoms with E-state index in [1.54, 1.807) is 17.4 Å². The molecule has 0 fully saturated rings. The van der Waals surface area contributed by atoms with Crippen molar-refractivity contribution in [3.63, 3.8) is 0 Å². The second-order valence-electron chi connectivity index (χ2n) is 4.48. The summed E-state index contributed by atoms with van der Waals surface area (Å²) in [4.78, 5) is 5.45. The first kappa shape index (κ1) is 12.2. The molecular formula is C14H14FN3S. The second kappa shape index (κ2) is 4.66. The Balaban J connectivity index is 1.90. The summed E-state index contributed by atoms with van der Waals surface area (Å²) in [5.41, 5.74) is 3.52. The van der Waals surface area contributed by atoms with Crippen LogP contribution in [0.25, 0.3) is 4.96 Å². The van der Waals surface area contributed by atoms with Gasteiger partial charge in [0.05, 0.1) is 23.6 Å². The third-order valence-corrected chi connectivity index (χ3v) is 3.97. The number of halogens is 1. The second-order valence-corrected chi connectivity index (χ2v) is 5.36. The number of rotatable bonds is 3. The largest absolute Gasteiger partial charge is 0.377 e. The van der Waals surface area contributed by atoms with E-state index in [-0.39, 0.29) is 5.82 Å². The van der Waals surface area contributed by atoms with Crippen molar-refractivity contribution in [1.29, 1.82) is 0 Å². The van der Waals surface area contributed by atoms with Gasteiger partial charge in [-0.05, 0) is 25.5 Å². The average molecular weight is 275 g/mol. The zero-order chi connectivity index (χ0) is 13.4. The third-order valence-electron chi connectivity index (χ3n) is 3.22. The van der Waals surface area contributed by atoms with Crippen LogP contribution in [0.2, 0.25) is 0 Å². The van der Waals surface area contributed by atoms with E-state index in [1.807, 2.05) is 35.9 Å². The minimum atomic E-state index is -0.219. The van der Waals surface area contributed by atoms with Crippen molar-refractivity contribution in [3.8, 4) is 0 Å². The number of benzene rings is 1. The fraction of sp³-hybridized carbons (Fsp3) is 0.214. The van der Waals surface area contributed by atoms with Crippen LogP contribution < -0.4 is 5.32 Å². The summed E-state index contributed by atoms with van der Waals surface area (Å²) in [6, 6.07) is 5.09. The van der Waals surface area contributed by atoms with Crippen LogP contribution in [0.1, 0.15) is 17.0 Å². The summed E-state index contributed by atoms with van der Waals surface area (Å²) in [7, 11) is 0. The molecule has 1 N–H and O–H groups in total. The number of hydrogen-bond donors (Lipinski definition) is 1. The van der Waals surface area contributed by atoms with Gasteiger partial charge < -0.3 is 5.32 Å². The molecule has 3 nitrogen and oxygen atoms in total. The van der Waals surface area contributed by atoms with Gasteiger partial charge >= 0.3 is 0 Å². The highest BCUT2D eigenvalue weighted by molar-refractivity contribution is 7.15. The molecule has 1 aromatic carbocycles. The Morgan fingerprint density at radius 2 is 2.21 bits per heavy atom. The summed E-state index contributed by atoms with van der Waals surface area (Å²) in [5, 5.41) is 5.17.